The molecule has 0 saturated carbocycles. The summed E-state index contributed by atoms with van der Waals surface area (Å²) in [5, 5.41) is 12.4. The summed E-state index contributed by atoms with van der Waals surface area (Å²) in [5.74, 6) is 0. The topological polar surface area (TPSA) is 45.1 Å². The minimum atomic E-state index is 0.796. The first-order valence-corrected chi connectivity index (χ1v) is 6.06. The molecule has 0 amide bonds. The van der Waals surface area contributed by atoms with E-state index < -0.39 is 0 Å². The molecule has 0 spiro atoms. The van der Waals surface area contributed by atoms with Gasteiger partial charge in [0.2, 0.25) is 0 Å². The second kappa shape index (κ2) is 4.37. The summed E-state index contributed by atoms with van der Waals surface area (Å²) < 4.78 is 5.38. The van der Waals surface area contributed by atoms with Crippen molar-refractivity contribution in [1.29, 1.82) is 0 Å². The molecule has 4 heteroatoms. The lowest BCUT2D eigenvalue weighted by atomic mass is 10.1. The zero-order valence-electron chi connectivity index (χ0n) is 9.72. The highest BCUT2D eigenvalue weighted by Gasteiger charge is 2.24. The van der Waals surface area contributed by atoms with Crippen LogP contribution >= 0.6 is 0 Å². The Morgan fingerprint density at radius 3 is 2.76 bits per heavy atom. The lowest BCUT2D eigenvalue weighted by Gasteiger charge is -2.30. The summed E-state index contributed by atoms with van der Waals surface area (Å²) in [4.78, 5) is 2.36. The lowest BCUT2D eigenvalue weighted by molar-refractivity contribution is 0.122. The number of oxime groups is 1. The van der Waals surface area contributed by atoms with Gasteiger partial charge in [0.15, 0.2) is 0 Å². The molecule has 1 aromatic carbocycles. The van der Waals surface area contributed by atoms with Crippen molar-refractivity contribution in [3.05, 3.63) is 29.3 Å². The van der Waals surface area contributed by atoms with Crippen molar-refractivity contribution in [2.75, 3.05) is 31.2 Å². The van der Waals surface area contributed by atoms with Crippen LogP contribution in [0.1, 0.15) is 17.5 Å². The average molecular weight is 232 g/mol. The van der Waals surface area contributed by atoms with E-state index >= 15 is 0 Å². The van der Waals surface area contributed by atoms with Crippen LogP contribution in [0.2, 0.25) is 0 Å². The van der Waals surface area contributed by atoms with E-state index in [2.05, 4.69) is 16.1 Å². The van der Waals surface area contributed by atoms with E-state index in [1.807, 2.05) is 12.1 Å². The number of rotatable bonds is 1. The Bertz CT molecular complexity index is 451. The van der Waals surface area contributed by atoms with E-state index in [0.717, 1.165) is 50.4 Å². The van der Waals surface area contributed by atoms with E-state index in [-0.39, 0.29) is 0 Å². The maximum Gasteiger partial charge on any atom is 0.0874 e. The fourth-order valence-corrected chi connectivity index (χ4v) is 2.69. The maximum atomic E-state index is 8.97. The fraction of sp³-hybridized carbons (Fsp3) is 0.462. The molecule has 0 bridgehead atoms. The molecule has 1 aliphatic heterocycles. The minimum absolute atomic E-state index is 0.796. The molecular formula is C13H16N2O2. The first kappa shape index (κ1) is 10.6. The van der Waals surface area contributed by atoms with Crippen molar-refractivity contribution in [3.63, 3.8) is 0 Å². The molecule has 17 heavy (non-hydrogen) atoms. The van der Waals surface area contributed by atoms with E-state index in [4.69, 9.17) is 9.94 Å². The summed E-state index contributed by atoms with van der Waals surface area (Å²) in [6.07, 6.45) is 1.81. The third-order valence-corrected chi connectivity index (χ3v) is 3.55. The number of hydrogen-bond donors (Lipinski definition) is 1. The zero-order valence-corrected chi connectivity index (χ0v) is 9.72. The van der Waals surface area contributed by atoms with Crippen LogP contribution < -0.4 is 4.90 Å². The van der Waals surface area contributed by atoms with Crippen molar-refractivity contribution in [2.24, 2.45) is 5.16 Å². The molecule has 2 aliphatic rings. The van der Waals surface area contributed by atoms with Crippen molar-refractivity contribution >= 4 is 11.4 Å². The van der Waals surface area contributed by atoms with Gasteiger partial charge in [-0.05, 0) is 24.5 Å². The van der Waals surface area contributed by atoms with Gasteiger partial charge in [0, 0.05) is 24.3 Å². The first-order chi connectivity index (χ1) is 8.40. The highest BCUT2D eigenvalue weighted by atomic mass is 16.5. The van der Waals surface area contributed by atoms with Crippen molar-refractivity contribution in [3.8, 4) is 0 Å². The predicted octanol–water partition coefficient (Wildman–Crippen LogP) is 1.65. The smallest absolute Gasteiger partial charge is 0.0874 e. The van der Waals surface area contributed by atoms with Gasteiger partial charge in [0.25, 0.3) is 0 Å². The van der Waals surface area contributed by atoms with Crippen LogP contribution in [0.5, 0.6) is 0 Å². The van der Waals surface area contributed by atoms with E-state index in [1.165, 1.54) is 11.3 Å². The van der Waals surface area contributed by atoms with Crippen molar-refractivity contribution in [2.45, 2.75) is 12.8 Å². The molecule has 4 nitrogen and oxygen atoms in total. The molecule has 1 N–H and O–H groups in total. The Kier molecular flexibility index (Phi) is 2.73. The molecule has 90 valence electrons. The van der Waals surface area contributed by atoms with Gasteiger partial charge in [0.05, 0.1) is 18.9 Å². The Balaban J connectivity index is 1.98. The third-order valence-electron chi connectivity index (χ3n) is 3.55. The van der Waals surface area contributed by atoms with Crippen molar-refractivity contribution < 1.29 is 9.94 Å². The molecule has 0 aromatic heterocycles. The summed E-state index contributed by atoms with van der Waals surface area (Å²) >= 11 is 0. The second-order valence-electron chi connectivity index (χ2n) is 4.45. The number of ether oxygens (including phenoxy) is 1. The molecule has 0 unspecified atom stereocenters. The van der Waals surface area contributed by atoms with Crippen LogP contribution in [0.15, 0.2) is 23.4 Å². The third kappa shape index (κ3) is 1.78. The van der Waals surface area contributed by atoms with Crippen LogP contribution in [-0.2, 0) is 11.2 Å². The van der Waals surface area contributed by atoms with E-state index in [0.29, 0.717) is 0 Å². The molecule has 1 aliphatic carbocycles. The second-order valence-corrected chi connectivity index (χ2v) is 4.45. The summed E-state index contributed by atoms with van der Waals surface area (Å²) in [6, 6.07) is 6.24. The van der Waals surface area contributed by atoms with Crippen LogP contribution in [0.25, 0.3) is 0 Å². The monoisotopic (exact) mass is 232 g/mol. The summed E-state index contributed by atoms with van der Waals surface area (Å²) in [6.45, 7) is 3.49. The van der Waals surface area contributed by atoms with Gasteiger partial charge in [-0.25, -0.2) is 0 Å². The normalized spacial score (nSPS) is 21.9. The van der Waals surface area contributed by atoms with Gasteiger partial charge in [0.1, 0.15) is 0 Å². The van der Waals surface area contributed by atoms with E-state index in [9.17, 15) is 0 Å². The van der Waals surface area contributed by atoms with Crippen LogP contribution in [0.4, 0.5) is 5.69 Å². The zero-order chi connectivity index (χ0) is 11.7. The van der Waals surface area contributed by atoms with Crippen molar-refractivity contribution in [1.82, 2.24) is 0 Å². The molecule has 3 rings (SSSR count). The first-order valence-electron chi connectivity index (χ1n) is 6.06. The van der Waals surface area contributed by atoms with Gasteiger partial charge >= 0.3 is 0 Å². The van der Waals surface area contributed by atoms with Gasteiger partial charge in [-0.3, -0.25) is 0 Å². The number of nitrogens with zero attached hydrogens (tertiary/aromatic N) is 2. The quantitative estimate of drug-likeness (QED) is 0.591. The molecule has 0 atom stereocenters. The maximum absolute atomic E-state index is 8.97. The summed E-state index contributed by atoms with van der Waals surface area (Å²) in [7, 11) is 0. The molecule has 1 fully saturated rings. The number of hydrogen-bond acceptors (Lipinski definition) is 4. The van der Waals surface area contributed by atoms with Gasteiger partial charge in [-0.15, -0.1) is 0 Å². The Morgan fingerprint density at radius 2 is 2.00 bits per heavy atom. The van der Waals surface area contributed by atoms with Crippen LogP contribution in [-0.4, -0.2) is 37.2 Å². The molecule has 0 radical (unpaired) electrons. The number of anilines is 1. The summed E-state index contributed by atoms with van der Waals surface area (Å²) in [5.41, 5.74) is 4.53. The number of benzene rings is 1. The van der Waals surface area contributed by atoms with E-state index in [1.54, 1.807) is 0 Å². The van der Waals surface area contributed by atoms with Crippen LogP contribution in [0.3, 0.4) is 0 Å². The predicted molar refractivity (Wildman–Crippen MR) is 66.1 cm³/mol. The van der Waals surface area contributed by atoms with Gasteiger partial charge < -0.3 is 14.8 Å². The Hall–Kier alpha value is -1.55. The fourth-order valence-electron chi connectivity index (χ4n) is 2.69. The Morgan fingerprint density at radius 1 is 1.18 bits per heavy atom. The molecule has 1 saturated heterocycles. The largest absolute Gasteiger partial charge is 0.411 e. The SMILES string of the molecule is O/N=C1\CCc2c1cccc2N1CCOCC1. The average Bonchev–Trinajstić information content (AvgIpc) is 2.82. The van der Waals surface area contributed by atoms with Gasteiger partial charge in [-0.2, -0.15) is 0 Å². The standard InChI is InChI=1S/C13H16N2O2/c16-14-12-5-4-11-10(12)2-1-3-13(11)15-6-8-17-9-7-15/h1-3,16H,4-9H2/b14-12+. The minimum Gasteiger partial charge on any atom is -0.411 e. The lowest BCUT2D eigenvalue weighted by Crippen LogP contribution is -2.36. The highest BCUT2D eigenvalue weighted by Crippen LogP contribution is 2.32. The number of fused-ring (bicyclic) bond motifs is 1. The number of morpholine rings is 1. The van der Waals surface area contributed by atoms with Gasteiger partial charge in [-0.1, -0.05) is 17.3 Å². The molecule has 1 aromatic rings. The molecule has 1 heterocycles. The molecular weight excluding hydrogens is 216 g/mol. The Labute approximate surface area is 100 Å². The van der Waals surface area contributed by atoms with Crippen LogP contribution in [0, 0.1) is 0 Å². The highest BCUT2D eigenvalue weighted by molar-refractivity contribution is 6.05.